The van der Waals surface area contributed by atoms with Crippen molar-refractivity contribution in [3.05, 3.63) is 0 Å². The Balaban J connectivity index is 4.61. The second-order valence-electron chi connectivity index (χ2n) is 6.32. The average Bonchev–Trinajstić information content (AvgIpc) is 1.95. The van der Waals surface area contributed by atoms with E-state index < -0.39 is 25.5 Å². The maximum atomic E-state index is 11.7. The SMILES string of the molecule is CC(C)(C)OC(=O)C[C@@](C)(C#N)O[Si](C)(C)C. The van der Waals surface area contributed by atoms with Gasteiger partial charge in [-0.25, -0.2) is 0 Å². The predicted octanol–water partition coefficient (Wildman–Crippen LogP) is 2.85. The number of rotatable bonds is 4. The summed E-state index contributed by atoms with van der Waals surface area (Å²) >= 11 is 0. The topological polar surface area (TPSA) is 59.3 Å². The molecule has 0 heterocycles. The number of carbonyl (C=O) groups is 1. The van der Waals surface area contributed by atoms with Gasteiger partial charge in [-0.15, -0.1) is 0 Å². The van der Waals surface area contributed by atoms with Crippen molar-refractivity contribution in [1.29, 1.82) is 5.26 Å². The van der Waals surface area contributed by atoms with E-state index in [-0.39, 0.29) is 6.42 Å². The van der Waals surface area contributed by atoms with Crippen molar-refractivity contribution in [2.24, 2.45) is 0 Å². The quantitative estimate of drug-likeness (QED) is 0.574. The second-order valence-corrected chi connectivity index (χ2v) is 10.7. The van der Waals surface area contributed by atoms with Gasteiger partial charge in [-0.05, 0) is 47.3 Å². The third-order valence-electron chi connectivity index (χ3n) is 1.67. The Bertz CT molecular complexity index is 322. The number of hydrogen-bond donors (Lipinski definition) is 0. The van der Waals surface area contributed by atoms with E-state index in [1.165, 1.54) is 0 Å². The van der Waals surface area contributed by atoms with Crippen LogP contribution in [0.5, 0.6) is 0 Å². The molecule has 0 bridgehead atoms. The molecular formula is C12H23NO3Si. The molecule has 0 radical (unpaired) electrons. The number of carbonyl (C=O) groups excluding carboxylic acids is 1. The lowest BCUT2D eigenvalue weighted by Crippen LogP contribution is -2.42. The Morgan fingerprint density at radius 2 is 1.71 bits per heavy atom. The van der Waals surface area contributed by atoms with Gasteiger partial charge in [0.05, 0.1) is 12.5 Å². The Hall–Kier alpha value is -0.863. The van der Waals surface area contributed by atoms with Crippen molar-refractivity contribution < 1.29 is 14.0 Å². The molecule has 0 rings (SSSR count). The lowest BCUT2D eigenvalue weighted by molar-refractivity contribution is -0.157. The standard InChI is InChI=1S/C12H23NO3Si/c1-11(2,3)15-10(14)8-12(4,9-13)16-17(5,6)7/h8H2,1-7H3/t12-/m0/s1. The number of nitriles is 1. The first-order valence-electron chi connectivity index (χ1n) is 5.70. The van der Waals surface area contributed by atoms with Gasteiger partial charge in [-0.1, -0.05) is 0 Å². The van der Waals surface area contributed by atoms with Gasteiger partial charge in [0.2, 0.25) is 0 Å². The van der Waals surface area contributed by atoms with Crippen molar-refractivity contribution in [2.45, 2.75) is 65.0 Å². The maximum Gasteiger partial charge on any atom is 0.310 e. The normalized spacial score (nSPS) is 15.9. The smallest absolute Gasteiger partial charge is 0.310 e. The van der Waals surface area contributed by atoms with Crippen LogP contribution in [0.15, 0.2) is 0 Å². The highest BCUT2D eigenvalue weighted by atomic mass is 28.4. The summed E-state index contributed by atoms with van der Waals surface area (Å²) < 4.78 is 10.9. The summed E-state index contributed by atoms with van der Waals surface area (Å²) in [5.41, 5.74) is -1.63. The fourth-order valence-electron chi connectivity index (χ4n) is 1.43. The molecule has 0 fully saturated rings. The molecule has 0 aromatic carbocycles. The molecule has 0 aromatic rings. The first-order valence-corrected chi connectivity index (χ1v) is 9.11. The molecule has 1 atom stereocenters. The zero-order valence-electron chi connectivity index (χ0n) is 11.9. The Labute approximate surface area is 105 Å². The number of nitrogens with zero attached hydrogens (tertiary/aromatic N) is 1. The first kappa shape index (κ1) is 16.1. The molecule has 4 nitrogen and oxygen atoms in total. The summed E-state index contributed by atoms with van der Waals surface area (Å²) in [4.78, 5) is 11.7. The molecule has 17 heavy (non-hydrogen) atoms. The van der Waals surface area contributed by atoms with Gasteiger partial charge < -0.3 is 9.16 Å². The van der Waals surface area contributed by atoms with E-state index >= 15 is 0 Å². The van der Waals surface area contributed by atoms with Crippen molar-refractivity contribution >= 4 is 14.3 Å². The first-order chi connectivity index (χ1) is 7.37. The van der Waals surface area contributed by atoms with Crippen LogP contribution < -0.4 is 0 Å². The van der Waals surface area contributed by atoms with E-state index in [0.29, 0.717) is 0 Å². The van der Waals surface area contributed by atoms with E-state index in [1.54, 1.807) is 27.7 Å². The van der Waals surface area contributed by atoms with Crippen molar-refractivity contribution in [3.63, 3.8) is 0 Å². The molecule has 0 aliphatic carbocycles. The van der Waals surface area contributed by atoms with E-state index in [2.05, 4.69) is 6.07 Å². The summed E-state index contributed by atoms with van der Waals surface area (Å²) in [6.45, 7) is 13.0. The summed E-state index contributed by atoms with van der Waals surface area (Å²) in [7, 11) is -1.87. The van der Waals surface area contributed by atoms with Gasteiger partial charge in [-0.3, -0.25) is 4.79 Å². The minimum atomic E-state index is -1.87. The van der Waals surface area contributed by atoms with Crippen LogP contribution in [0.3, 0.4) is 0 Å². The fraction of sp³-hybridized carbons (Fsp3) is 0.833. The van der Waals surface area contributed by atoms with Crippen LogP contribution in [0.2, 0.25) is 19.6 Å². The average molecular weight is 257 g/mol. The molecule has 0 aliphatic heterocycles. The predicted molar refractivity (Wildman–Crippen MR) is 68.9 cm³/mol. The van der Waals surface area contributed by atoms with E-state index in [0.717, 1.165) is 0 Å². The Kier molecular flexibility index (Phi) is 4.93. The molecule has 0 aliphatic rings. The van der Waals surface area contributed by atoms with E-state index in [9.17, 15) is 4.79 Å². The summed E-state index contributed by atoms with van der Waals surface area (Å²) in [6.07, 6.45) is -0.0367. The van der Waals surface area contributed by atoms with Crippen molar-refractivity contribution in [2.75, 3.05) is 0 Å². The lowest BCUT2D eigenvalue weighted by Gasteiger charge is -2.30. The molecule has 0 N–H and O–H groups in total. The van der Waals surface area contributed by atoms with Gasteiger partial charge in [0.25, 0.3) is 0 Å². The molecule has 0 spiro atoms. The van der Waals surface area contributed by atoms with Crippen LogP contribution in [0.1, 0.15) is 34.1 Å². The van der Waals surface area contributed by atoms with Gasteiger partial charge in [0.1, 0.15) is 5.60 Å². The highest BCUT2D eigenvalue weighted by Crippen LogP contribution is 2.22. The van der Waals surface area contributed by atoms with E-state index in [1.807, 2.05) is 19.6 Å². The van der Waals surface area contributed by atoms with Crippen LogP contribution in [-0.2, 0) is 14.0 Å². The number of hydrogen-bond acceptors (Lipinski definition) is 4. The third kappa shape index (κ3) is 7.94. The second kappa shape index (κ2) is 5.19. The number of esters is 1. The zero-order chi connectivity index (χ0) is 13.9. The molecule has 5 heteroatoms. The maximum absolute atomic E-state index is 11.7. The lowest BCUT2D eigenvalue weighted by atomic mass is 10.1. The molecule has 0 saturated heterocycles. The van der Waals surface area contributed by atoms with Crippen LogP contribution in [0.4, 0.5) is 0 Å². The molecule has 0 unspecified atom stereocenters. The highest BCUT2D eigenvalue weighted by Gasteiger charge is 2.35. The molecule has 0 aromatic heterocycles. The summed E-state index contributed by atoms with van der Waals surface area (Å²) in [5.74, 6) is -0.403. The van der Waals surface area contributed by atoms with Crippen LogP contribution in [0.25, 0.3) is 0 Å². The highest BCUT2D eigenvalue weighted by molar-refractivity contribution is 6.69. The minimum Gasteiger partial charge on any atom is -0.460 e. The van der Waals surface area contributed by atoms with E-state index in [4.69, 9.17) is 14.4 Å². The Morgan fingerprint density at radius 3 is 2.00 bits per heavy atom. The zero-order valence-corrected chi connectivity index (χ0v) is 12.9. The van der Waals surface area contributed by atoms with Gasteiger partial charge in [0, 0.05) is 0 Å². The molecular weight excluding hydrogens is 234 g/mol. The van der Waals surface area contributed by atoms with Crippen LogP contribution in [0, 0.1) is 11.3 Å². The summed E-state index contributed by atoms with van der Waals surface area (Å²) in [6, 6.07) is 2.06. The Morgan fingerprint density at radius 1 is 1.24 bits per heavy atom. The monoisotopic (exact) mass is 257 g/mol. The van der Waals surface area contributed by atoms with Crippen molar-refractivity contribution in [1.82, 2.24) is 0 Å². The summed E-state index contributed by atoms with van der Waals surface area (Å²) in [5, 5.41) is 9.14. The largest absolute Gasteiger partial charge is 0.460 e. The van der Waals surface area contributed by atoms with Gasteiger partial charge in [-0.2, -0.15) is 5.26 Å². The molecule has 0 amide bonds. The van der Waals surface area contributed by atoms with Crippen molar-refractivity contribution in [3.8, 4) is 6.07 Å². The van der Waals surface area contributed by atoms with Crippen LogP contribution in [-0.4, -0.2) is 25.5 Å². The van der Waals surface area contributed by atoms with Gasteiger partial charge >= 0.3 is 5.97 Å². The number of ether oxygens (including phenoxy) is 1. The molecule has 0 saturated carbocycles. The van der Waals surface area contributed by atoms with Gasteiger partial charge in [0.15, 0.2) is 13.9 Å². The fourth-order valence-corrected chi connectivity index (χ4v) is 2.90. The van der Waals surface area contributed by atoms with Crippen LogP contribution >= 0.6 is 0 Å². The molecule has 98 valence electrons. The minimum absolute atomic E-state index is 0.0367. The third-order valence-corrected chi connectivity index (χ3v) is 2.73.